The topological polar surface area (TPSA) is 84.6 Å². The van der Waals surface area contributed by atoms with E-state index in [1.807, 2.05) is 35.2 Å². The van der Waals surface area contributed by atoms with Gasteiger partial charge in [0.25, 0.3) is 5.91 Å². The molecule has 6 heteroatoms. The number of halogens is 1. The summed E-state index contributed by atoms with van der Waals surface area (Å²) in [6, 6.07) is 24.8. The Balaban J connectivity index is 1.16. The van der Waals surface area contributed by atoms with Gasteiger partial charge in [0.1, 0.15) is 11.9 Å². The number of aromatic hydroxyl groups is 1. The number of phenols is 1. The van der Waals surface area contributed by atoms with Crippen molar-refractivity contribution in [1.29, 1.82) is 5.26 Å². The number of phenolic OH excluding ortho intramolecular Hbond substituents is 1. The number of benzene rings is 3. The fraction of sp³-hybridized carbons (Fsp3) is 0.487. The van der Waals surface area contributed by atoms with Gasteiger partial charge in [-0.05, 0) is 128 Å². The van der Waals surface area contributed by atoms with Crippen molar-refractivity contribution < 1.29 is 19.4 Å². The van der Waals surface area contributed by atoms with Crippen LogP contribution >= 0.6 is 0 Å². The first-order chi connectivity index (χ1) is 21.8. The number of aliphatic hydroxyl groups excluding tert-OH is 1. The molecule has 0 saturated heterocycles. The lowest BCUT2D eigenvalue weighted by atomic mass is 9.51. The average molecular weight is 609 g/mol. The smallest absolute Gasteiger partial charge is 0.253 e. The van der Waals surface area contributed by atoms with E-state index in [4.69, 9.17) is 0 Å². The average Bonchev–Trinajstić information content (AvgIpc) is 3.34. The van der Waals surface area contributed by atoms with Crippen LogP contribution in [-0.2, 0) is 12.8 Å². The first-order valence-electron chi connectivity index (χ1n) is 16.8. The molecule has 2 N–H and O–H groups in total. The number of aryl methyl sites for hydroxylation is 1. The summed E-state index contributed by atoms with van der Waals surface area (Å²) in [7, 11) is 0. The zero-order valence-electron chi connectivity index (χ0n) is 26.2. The molecular weight excluding hydrogens is 563 g/mol. The van der Waals surface area contributed by atoms with Crippen molar-refractivity contribution in [2.45, 2.75) is 82.9 Å². The van der Waals surface area contributed by atoms with Crippen LogP contribution in [0.3, 0.4) is 0 Å². The highest BCUT2D eigenvalue weighted by Gasteiger charge is 2.59. The van der Waals surface area contributed by atoms with Crippen LogP contribution in [-0.4, -0.2) is 46.4 Å². The maximum absolute atomic E-state index is 16.1. The van der Waals surface area contributed by atoms with E-state index >= 15 is 4.39 Å². The zero-order valence-corrected chi connectivity index (χ0v) is 26.2. The number of carbonyl (C=O) groups is 1. The molecule has 6 rings (SSSR count). The van der Waals surface area contributed by atoms with E-state index in [1.54, 1.807) is 30.3 Å². The van der Waals surface area contributed by atoms with Gasteiger partial charge in [-0.3, -0.25) is 4.79 Å². The number of aliphatic hydroxyl groups is 1. The molecule has 7 atom stereocenters. The van der Waals surface area contributed by atoms with Gasteiger partial charge in [-0.15, -0.1) is 0 Å². The van der Waals surface area contributed by atoms with Crippen LogP contribution in [0.2, 0.25) is 0 Å². The van der Waals surface area contributed by atoms with Gasteiger partial charge >= 0.3 is 0 Å². The Labute approximate surface area is 266 Å². The number of amides is 1. The quantitative estimate of drug-likeness (QED) is 0.232. The van der Waals surface area contributed by atoms with E-state index in [0.29, 0.717) is 30.6 Å². The highest BCUT2D eigenvalue weighted by molar-refractivity contribution is 5.94. The van der Waals surface area contributed by atoms with E-state index in [0.717, 1.165) is 62.5 Å². The van der Waals surface area contributed by atoms with Gasteiger partial charge in [-0.25, -0.2) is 4.39 Å². The minimum atomic E-state index is -1.01. The van der Waals surface area contributed by atoms with Crippen LogP contribution in [0.1, 0.15) is 90.4 Å². The zero-order chi connectivity index (χ0) is 31.6. The van der Waals surface area contributed by atoms with Gasteiger partial charge in [0.05, 0.1) is 17.7 Å². The summed E-state index contributed by atoms with van der Waals surface area (Å²) >= 11 is 0. The molecule has 0 aromatic heterocycles. The third-order valence-corrected chi connectivity index (χ3v) is 11.3. The third-order valence-electron chi connectivity index (χ3n) is 11.3. The van der Waals surface area contributed by atoms with E-state index in [9.17, 15) is 20.3 Å². The second-order valence-corrected chi connectivity index (χ2v) is 13.9. The summed E-state index contributed by atoms with van der Waals surface area (Å²) < 4.78 is 16.1. The van der Waals surface area contributed by atoms with Crippen molar-refractivity contribution in [1.82, 2.24) is 4.90 Å². The monoisotopic (exact) mass is 608 g/mol. The van der Waals surface area contributed by atoms with Crippen molar-refractivity contribution in [2.24, 2.45) is 23.2 Å². The predicted molar refractivity (Wildman–Crippen MR) is 174 cm³/mol. The molecule has 0 heterocycles. The number of fused-ring (bicyclic) bond motifs is 5. The molecule has 1 amide bonds. The van der Waals surface area contributed by atoms with Gasteiger partial charge in [0, 0.05) is 24.6 Å². The van der Waals surface area contributed by atoms with Gasteiger partial charge < -0.3 is 15.1 Å². The Hall–Kier alpha value is -3.69. The maximum atomic E-state index is 16.1. The van der Waals surface area contributed by atoms with Crippen molar-refractivity contribution in [2.75, 3.05) is 13.1 Å². The molecule has 3 aromatic rings. The molecule has 45 heavy (non-hydrogen) atoms. The van der Waals surface area contributed by atoms with E-state index in [1.165, 1.54) is 5.56 Å². The van der Waals surface area contributed by atoms with Crippen molar-refractivity contribution >= 4 is 5.91 Å². The van der Waals surface area contributed by atoms with Gasteiger partial charge in [-0.1, -0.05) is 49.7 Å². The highest BCUT2D eigenvalue weighted by atomic mass is 19.1. The lowest BCUT2D eigenvalue weighted by molar-refractivity contribution is -0.0722. The second kappa shape index (κ2) is 13.3. The molecule has 0 bridgehead atoms. The summed E-state index contributed by atoms with van der Waals surface area (Å²) in [6.07, 6.45) is 5.85. The van der Waals surface area contributed by atoms with Crippen LogP contribution in [0.25, 0.3) is 0 Å². The number of alkyl halides is 1. The van der Waals surface area contributed by atoms with Crippen LogP contribution in [0.5, 0.6) is 5.75 Å². The van der Waals surface area contributed by atoms with Gasteiger partial charge in [0.15, 0.2) is 0 Å². The lowest BCUT2D eigenvalue weighted by Gasteiger charge is -2.54. The van der Waals surface area contributed by atoms with Crippen LogP contribution in [0.15, 0.2) is 72.8 Å². The third kappa shape index (κ3) is 6.38. The molecule has 2 fully saturated rings. The Kier molecular flexibility index (Phi) is 9.28. The standard InChI is InChI=1S/C39H45FN2O3/c1-39-24-34(40)37-32-17-16-31(43)23-30(32)22-29(36(37)33(39)18-19-35(39)44)11-5-6-20-42(21-7-10-26-8-3-2-4-9-26)38(45)28-14-12-27(25-41)13-15-28/h2-4,8-9,12-17,23,29,33-37,43-44H,5-7,10-11,18-22,24H2,1H3/t29?,33?,34-,35-,36?,37?,39-/m0/s1. The molecule has 0 spiro atoms. The molecule has 3 aromatic carbocycles. The molecule has 3 aliphatic rings. The molecule has 5 nitrogen and oxygen atoms in total. The Morgan fingerprint density at radius 2 is 1.78 bits per heavy atom. The fourth-order valence-electron chi connectivity index (χ4n) is 9.05. The normalized spacial score (nSPS) is 28.4. The molecule has 236 valence electrons. The highest BCUT2D eigenvalue weighted by Crippen LogP contribution is 2.63. The van der Waals surface area contributed by atoms with Crippen LogP contribution in [0.4, 0.5) is 4.39 Å². The Morgan fingerprint density at radius 1 is 1.02 bits per heavy atom. The van der Waals surface area contributed by atoms with Crippen molar-refractivity contribution in [3.05, 3.63) is 101 Å². The van der Waals surface area contributed by atoms with Crippen molar-refractivity contribution in [3.63, 3.8) is 0 Å². The minimum Gasteiger partial charge on any atom is -0.508 e. The van der Waals surface area contributed by atoms with E-state index in [2.05, 4.69) is 25.1 Å². The molecule has 0 radical (unpaired) electrons. The number of nitriles is 1. The number of nitrogens with zero attached hydrogens (tertiary/aromatic N) is 2. The van der Waals surface area contributed by atoms with E-state index < -0.39 is 17.7 Å². The number of hydrogen-bond donors (Lipinski definition) is 2. The second-order valence-electron chi connectivity index (χ2n) is 13.9. The van der Waals surface area contributed by atoms with Crippen molar-refractivity contribution in [3.8, 4) is 11.8 Å². The molecule has 3 aliphatic carbocycles. The SMILES string of the molecule is C[C@]12C[C@H](F)C3c4ccc(O)cc4CC(CCCCN(CCCc4ccccc4)C(=O)c4ccc(C#N)cc4)C3C1CC[C@@H]2O. The van der Waals surface area contributed by atoms with Crippen LogP contribution < -0.4 is 0 Å². The summed E-state index contributed by atoms with van der Waals surface area (Å²) in [4.78, 5) is 15.6. The lowest BCUT2D eigenvalue weighted by Crippen LogP contribution is -2.51. The van der Waals surface area contributed by atoms with E-state index in [-0.39, 0.29) is 35.3 Å². The minimum absolute atomic E-state index is 0.0158. The summed E-state index contributed by atoms with van der Waals surface area (Å²) in [6.45, 7) is 3.39. The summed E-state index contributed by atoms with van der Waals surface area (Å²) in [5, 5.41) is 30.4. The number of carbonyl (C=O) groups excluding carboxylic acids is 1. The molecule has 2 saturated carbocycles. The maximum Gasteiger partial charge on any atom is 0.253 e. The molecular formula is C39H45FN2O3. The Morgan fingerprint density at radius 3 is 2.53 bits per heavy atom. The predicted octanol–water partition coefficient (Wildman–Crippen LogP) is 7.60. The number of rotatable bonds is 10. The van der Waals surface area contributed by atoms with Gasteiger partial charge in [-0.2, -0.15) is 5.26 Å². The molecule has 0 aliphatic heterocycles. The Bertz CT molecular complexity index is 1520. The summed E-state index contributed by atoms with van der Waals surface area (Å²) in [5.74, 6) is 0.719. The largest absolute Gasteiger partial charge is 0.508 e. The number of hydrogen-bond acceptors (Lipinski definition) is 4. The van der Waals surface area contributed by atoms with Crippen LogP contribution in [0, 0.1) is 34.5 Å². The fourth-order valence-corrected chi connectivity index (χ4v) is 9.05. The number of unbranched alkanes of at least 4 members (excludes halogenated alkanes) is 1. The van der Waals surface area contributed by atoms with Gasteiger partial charge in [0.2, 0.25) is 0 Å². The summed E-state index contributed by atoms with van der Waals surface area (Å²) in [5.41, 5.74) is 4.09. The molecule has 4 unspecified atom stereocenters. The first-order valence-corrected chi connectivity index (χ1v) is 16.8. The first kappa shape index (κ1) is 31.3.